The predicted octanol–water partition coefficient (Wildman–Crippen LogP) is 0.478. The second-order valence-corrected chi connectivity index (χ2v) is 0.747. The molecular formula is C3H6MoO2. The molecule has 3 heteroatoms. The molecule has 0 aliphatic carbocycles. The van der Waals surface area contributed by atoms with E-state index in [4.69, 9.17) is 5.11 Å². The van der Waals surface area contributed by atoms with Crippen LogP contribution in [0, 0.1) is 0 Å². The Hall–Kier alpha value is 0.158. The third kappa shape index (κ3) is 8.90. The van der Waals surface area contributed by atoms with Crippen LogP contribution in [0.1, 0.15) is 13.3 Å². The summed E-state index contributed by atoms with van der Waals surface area (Å²) >= 11 is 0. The fourth-order valence-corrected chi connectivity index (χ4v) is 0. The van der Waals surface area contributed by atoms with E-state index >= 15 is 0 Å². The molecule has 0 fully saturated rings. The van der Waals surface area contributed by atoms with Crippen molar-refractivity contribution in [2.24, 2.45) is 0 Å². The van der Waals surface area contributed by atoms with Crippen LogP contribution in [-0.4, -0.2) is 11.1 Å². The van der Waals surface area contributed by atoms with Gasteiger partial charge in [-0.1, -0.05) is 6.92 Å². The average molecular weight is 170 g/mol. The van der Waals surface area contributed by atoms with E-state index < -0.39 is 5.97 Å². The van der Waals surface area contributed by atoms with E-state index in [0.29, 0.717) is 0 Å². The maximum absolute atomic E-state index is 9.37. The molecule has 0 aliphatic rings. The Balaban J connectivity index is 0. The molecule has 2 nitrogen and oxygen atoms in total. The van der Waals surface area contributed by atoms with Crippen molar-refractivity contribution >= 4 is 5.97 Å². The number of aliphatic carboxylic acids is 1. The fourth-order valence-electron chi connectivity index (χ4n) is 0. The van der Waals surface area contributed by atoms with E-state index in [1.165, 1.54) is 0 Å². The first kappa shape index (κ1) is 9.48. The average Bonchev–Trinajstić information content (AvgIpc) is 1.38. The largest absolute Gasteiger partial charge is 0.481 e. The van der Waals surface area contributed by atoms with Gasteiger partial charge in [-0.2, -0.15) is 0 Å². The van der Waals surface area contributed by atoms with Crippen LogP contribution in [-0.2, 0) is 25.9 Å². The third-order valence-electron chi connectivity index (χ3n) is 0.302. The summed E-state index contributed by atoms with van der Waals surface area (Å²) in [6.45, 7) is 1.60. The molecular weight excluding hydrogens is 164 g/mol. The number of carbonyl (C=O) groups is 1. The molecule has 0 unspecified atom stereocenters. The van der Waals surface area contributed by atoms with Crippen LogP contribution in [0.3, 0.4) is 0 Å². The van der Waals surface area contributed by atoms with Crippen LogP contribution < -0.4 is 0 Å². The SMILES string of the molecule is CCC(=O)O.[Mo]. The van der Waals surface area contributed by atoms with Gasteiger partial charge in [0.05, 0.1) is 0 Å². The second-order valence-electron chi connectivity index (χ2n) is 0.747. The Morgan fingerprint density at radius 1 is 1.83 bits per heavy atom. The zero-order valence-corrected chi connectivity index (χ0v) is 5.48. The summed E-state index contributed by atoms with van der Waals surface area (Å²) in [6, 6.07) is 0. The molecule has 0 bridgehead atoms. The molecule has 0 rings (SSSR count). The van der Waals surface area contributed by atoms with Crippen LogP contribution in [0.4, 0.5) is 0 Å². The molecule has 0 radical (unpaired) electrons. The molecule has 6 heavy (non-hydrogen) atoms. The second kappa shape index (κ2) is 5.16. The number of rotatable bonds is 1. The van der Waals surface area contributed by atoms with Gasteiger partial charge in [0.1, 0.15) is 0 Å². The number of hydrogen-bond acceptors (Lipinski definition) is 1. The minimum atomic E-state index is -0.745. The van der Waals surface area contributed by atoms with Gasteiger partial charge in [-0.15, -0.1) is 0 Å². The van der Waals surface area contributed by atoms with E-state index in [1.807, 2.05) is 0 Å². The van der Waals surface area contributed by atoms with Gasteiger partial charge in [0.25, 0.3) is 0 Å². The van der Waals surface area contributed by atoms with Crippen molar-refractivity contribution in [3.05, 3.63) is 0 Å². The summed E-state index contributed by atoms with van der Waals surface area (Å²) in [7, 11) is 0. The fraction of sp³-hybridized carbons (Fsp3) is 0.667. The number of hydrogen-bond donors (Lipinski definition) is 1. The quantitative estimate of drug-likeness (QED) is 0.581. The third-order valence-corrected chi connectivity index (χ3v) is 0.302. The molecule has 0 aliphatic heterocycles. The van der Waals surface area contributed by atoms with Crippen molar-refractivity contribution in [1.29, 1.82) is 0 Å². The molecule has 0 amide bonds. The molecule has 0 saturated heterocycles. The van der Waals surface area contributed by atoms with Crippen molar-refractivity contribution in [3.8, 4) is 0 Å². The molecule has 0 aromatic heterocycles. The summed E-state index contributed by atoms with van der Waals surface area (Å²) in [5.41, 5.74) is 0. The van der Waals surface area contributed by atoms with E-state index in [1.54, 1.807) is 6.92 Å². The van der Waals surface area contributed by atoms with E-state index in [2.05, 4.69) is 0 Å². The Bertz CT molecular complexity index is 44.1. The van der Waals surface area contributed by atoms with Crippen LogP contribution >= 0.6 is 0 Å². The van der Waals surface area contributed by atoms with Gasteiger partial charge >= 0.3 is 5.97 Å². The molecule has 0 saturated carbocycles. The van der Waals surface area contributed by atoms with Crippen molar-refractivity contribution in [1.82, 2.24) is 0 Å². The molecule has 0 heterocycles. The van der Waals surface area contributed by atoms with Gasteiger partial charge in [-0.3, -0.25) is 4.79 Å². The van der Waals surface area contributed by atoms with Gasteiger partial charge in [-0.25, -0.2) is 0 Å². The van der Waals surface area contributed by atoms with Gasteiger partial charge in [0, 0.05) is 27.5 Å². The smallest absolute Gasteiger partial charge is 0.303 e. The maximum Gasteiger partial charge on any atom is 0.303 e. The molecule has 1 N–H and O–H groups in total. The van der Waals surface area contributed by atoms with Gasteiger partial charge in [0.15, 0.2) is 0 Å². The minimum Gasteiger partial charge on any atom is -0.481 e. The van der Waals surface area contributed by atoms with E-state index in [-0.39, 0.29) is 27.5 Å². The molecule has 0 aromatic carbocycles. The van der Waals surface area contributed by atoms with E-state index in [0.717, 1.165) is 0 Å². The van der Waals surface area contributed by atoms with Crippen molar-refractivity contribution < 1.29 is 31.0 Å². The first-order valence-corrected chi connectivity index (χ1v) is 1.49. The summed E-state index contributed by atoms with van der Waals surface area (Å²) in [6.07, 6.45) is 0.222. The topological polar surface area (TPSA) is 37.3 Å². The van der Waals surface area contributed by atoms with Crippen LogP contribution in [0.15, 0.2) is 0 Å². The monoisotopic (exact) mass is 172 g/mol. The summed E-state index contributed by atoms with van der Waals surface area (Å²) in [5.74, 6) is -0.745. The van der Waals surface area contributed by atoms with Crippen molar-refractivity contribution in [2.45, 2.75) is 13.3 Å². The summed E-state index contributed by atoms with van der Waals surface area (Å²) in [5, 5.41) is 7.72. The molecule has 0 spiro atoms. The first-order chi connectivity index (χ1) is 2.27. The summed E-state index contributed by atoms with van der Waals surface area (Å²) < 4.78 is 0. The molecule has 36 valence electrons. The van der Waals surface area contributed by atoms with Crippen LogP contribution in [0.5, 0.6) is 0 Å². The Kier molecular flexibility index (Phi) is 8.15. The predicted molar refractivity (Wildman–Crippen MR) is 17.9 cm³/mol. The molecule has 0 atom stereocenters. The van der Waals surface area contributed by atoms with Gasteiger partial charge in [0.2, 0.25) is 0 Å². The zero-order chi connectivity index (χ0) is 4.28. The standard InChI is InChI=1S/C3H6O2.Mo/c1-2-3(4)5;/h2H2,1H3,(H,4,5);. The van der Waals surface area contributed by atoms with Crippen LogP contribution in [0.25, 0.3) is 0 Å². The van der Waals surface area contributed by atoms with Crippen LogP contribution in [0.2, 0.25) is 0 Å². The Labute approximate surface area is 50.8 Å². The Morgan fingerprint density at radius 2 is 2.00 bits per heavy atom. The zero-order valence-electron chi connectivity index (χ0n) is 3.47. The van der Waals surface area contributed by atoms with Crippen molar-refractivity contribution in [3.63, 3.8) is 0 Å². The number of carboxylic acids is 1. The number of carboxylic acid groups (broad SMARTS) is 1. The maximum atomic E-state index is 9.37. The normalized spacial score (nSPS) is 6.17. The Morgan fingerprint density at radius 3 is 2.00 bits per heavy atom. The van der Waals surface area contributed by atoms with Crippen molar-refractivity contribution in [2.75, 3.05) is 0 Å². The van der Waals surface area contributed by atoms with E-state index in [9.17, 15) is 4.79 Å². The van der Waals surface area contributed by atoms with Gasteiger partial charge in [-0.05, 0) is 0 Å². The van der Waals surface area contributed by atoms with Gasteiger partial charge < -0.3 is 5.11 Å². The summed E-state index contributed by atoms with van der Waals surface area (Å²) in [4.78, 5) is 9.37. The first-order valence-electron chi connectivity index (χ1n) is 1.49. The molecule has 0 aromatic rings. The minimum absolute atomic E-state index is 0.